The molecule has 1 saturated carbocycles. The van der Waals surface area contributed by atoms with Gasteiger partial charge in [0.1, 0.15) is 0 Å². The minimum Gasteiger partial charge on any atom is -0.376 e. The average Bonchev–Trinajstić information content (AvgIpc) is 3.36. The van der Waals surface area contributed by atoms with Crippen LogP contribution in [0.1, 0.15) is 60.3 Å². The number of nitrogens with one attached hydrogen (secondary N) is 1. The quantitative estimate of drug-likeness (QED) is 0.233. The van der Waals surface area contributed by atoms with Crippen molar-refractivity contribution < 1.29 is 0 Å². The number of hydrogen-bond donors (Lipinski definition) is 1. The van der Waals surface area contributed by atoms with Crippen LogP contribution in [0, 0.1) is 14.9 Å². The summed E-state index contributed by atoms with van der Waals surface area (Å²) < 4.78 is 3.48. The van der Waals surface area contributed by atoms with Gasteiger partial charge in [0.05, 0.1) is 11.9 Å². The second kappa shape index (κ2) is 11.4. The molecule has 1 aromatic heterocycles. The Balaban J connectivity index is 1.40. The summed E-state index contributed by atoms with van der Waals surface area (Å²) in [5.74, 6) is 0.576. The number of anilines is 1. The lowest BCUT2D eigenvalue weighted by atomic mass is 9.68. The Kier molecular flexibility index (Phi) is 8.44. The molecule has 1 N–H and O–H groups in total. The van der Waals surface area contributed by atoms with Crippen molar-refractivity contribution in [1.29, 1.82) is 0 Å². The summed E-state index contributed by atoms with van der Waals surface area (Å²) in [6.07, 6.45) is 24.4. The van der Waals surface area contributed by atoms with Gasteiger partial charge in [-0.3, -0.25) is 0 Å². The van der Waals surface area contributed by atoms with Crippen LogP contribution in [-0.4, -0.2) is 15.1 Å². The number of nitrogens with zero attached hydrogens (tertiary/aromatic N) is 2. The molecule has 4 rings (SSSR count). The number of imidazole rings is 1. The van der Waals surface area contributed by atoms with E-state index in [1.54, 1.807) is 0 Å². The van der Waals surface area contributed by atoms with Crippen LogP contribution < -0.4 is 5.32 Å². The highest BCUT2D eigenvalue weighted by Crippen LogP contribution is 2.44. The van der Waals surface area contributed by atoms with Gasteiger partial charge in [0.2, 0.25) is 0 Å². The third-order valence-corrected chi connectivity index (χ3v) is 8.35. The summed E-state index contributed by atoms with van der Waals surface area (Å²) in [5.41, 5.74) is 7.10. The zero-order chi connectivity index (χ0) is 25.8. The minimum absolute atomic E-state index is 0.115. The first-order valence-corrected chi connectivity index (χ1v) is 14.2. The van der Waals surface area contributed by atoms with Crippen LogP contribution in [0.4, 0.5) is 5.69 Å². The molecule has 1 aromatic carbocycles. The van der Waals surface area contributed by atoms with E-state index < -0.39 is 0 Å². The van der Waals surface area contributed by atoms with Gasteiger partial charge in [-0.05, 0) is 110 Å². The standard InChI is InChI=1S/C32H40IN3/c1-24(7-6-8-25(2)21-32(17-18-32)35-29-12-10-28(33)11-13-29)9-14-30-26(3)27(15-16-31(30,4)5)22-36-20-19-34-23-36/h6-14,19-21,23,27,35H,15-18,22H2,1-5H3/b8-6+,14-9+,24-7+,25-21+. The van der Waals surface area contributed by atoms with Crippen molar-refractivity contribution in [3.05, 3.63) is 105 Å². The van der Waals surface area contributed by atoms with Gasteiger partial charge in [-0.2, -0.15) is 0 Å². The molecule has 0 spiro atoms. The van der Waals surface area contributed by atoms with Gasteiger partial charge in [-0.25, -0.2) is 4.98 Å². The maximum Gasteiger partial charge on any atom is 0.0946 e. The number of hydrogen-bond acceptors (Lipinski definition) is 2. The van der Waals surface area contributed by atoms with E-state index in [1.165, 1.54) is 57.2 Å². The van der Waals surface area contributed by atoms with Crippen LogP contribution in [0.2, 0.25) is 0 Å². The lowest BCUT2D eigenvalue weighted by molar-refractivity contribution is 0.310. The summed E-state index contributed by atoms with van der Waals surface area (Å²) in [6, 6.07) is 8.65. The largest absolute Gasteiger partial charge is 0.376 e. The number of allylic oxidation sites excluding steroid dienone is 9. The predicted molar refractivity (Wildman–Crippen MR) is 162 cm³/mol. The highest BCUT2D eigenvalue weighted by atomic mass is 127. The molecular formula is C32H40IN3. The average molecular weight is 594 g/mol. The Morgan fingerprint density at radius 2 is 1.86 bits per heavy atom. The summed E-state index contributed by atoms with van der Waals surface area (Å²) in [7, 11) is 0. The van der Waals surface area contributed by atoms with Crippen LogP contribution in [0.3, 0.4) is 0 Å². The van der Waals surface area contributed by atoms with Crippen molar-refractivity contribution in [2.45, 2.75) is 72.4 Å². The van der Waals surface area contributed by atoms with Gasteiger partial charge < -0.3 is 9.88 Å². The molecule has 3 nitrogen and oxygen atoms in total. The molecule has 36 heavy (non-hydrogen) atoms. The molecule has 0 aliphatic heterocycles. The van der Waals surface area contributed by atoms with Crippen molar-refractivity contribution in [3.8, 4) is 0 Å². The molecule has 190 valence electrons. The number of halogens is 1. The van der Waals surface area contributed by atoms with Crippen LogP contribution in [-0.2, 0) is 6.54 Å². The van der Waals surface area contributed by atoms with Crippen LogP contribution in [0.25, 0.3) is 0 Å². The lowest BCUT2D eigenvalue weighted by Gasteiger charge is -2.37. The van der Waals surface area contributed by atoms with E-state index in [9.17, 15) is 0 Å². The first-order valence-electron chi connectivity index (χ1n) is 13.1. The van der Waals surface area contributed by atoms with Crippen molar-refractivity contribution in [2.75, 3.05) is 5.32 Å². The van der Waals surface area contributed by atoms with Gasteiger partial charge in [0, 0.05) is 28.2 Å². The van der Waals surface area contributed by atoms with Crippen molar-refractivity contribution in [3.63, 3.8) is 0 Å². The molecule has 0 radical (unpaired) electrons. The number of rotatable bonds is 9. The number of benzene rings is 1. The first-order chi connectivity index (χ1) is 17.2. The van der Waals surface area contributed by atoms with E-state index in [0.717, 1.165) is 6.54 Å². The Labute approximate surface area is 231 Å². The van der Waals surface area contributed by atoms with E-state index in [0.29, 0.717) is 5.92 Å². The van der Waals surface area contributed by atoms with E-state index >= 15 is 0 Å². The molecule has 2 aromatic rings. The molecule has 0 saturated heterocycles. The summed E-state index contributed by atoms with van der Waals surface area (Å²) in [4.78, 5) is 4.22. The Hall–Kier alpha value is -2.34. The fraction of sp³-hybridized carbons (Fsp3) is 0.406. The third-order valence-electron chi connectivity index (χ3n) is 7.64. The molecule has 1 atom stereocenters. The topological polar surface area (TPSA) is 29.9 Å². The maximum absolute atomic E-state index is 4.22. The smallest absolute Gasteiger partial charge is 0.0946 e. The zero-order valence-corrected chi connectivity index (χ0v) is 24.5. The van der Waals surface area contributed by atoms with Gasteiger partial charge in [0.25, 0.3) is 0 Å². The maximum atomic E-state index is 4.22. The van der Waals surface area contributed by atoms with Crippen LogP contribution >= 0.6 is 22.6 Å². The van der Waals surface area contributed by atoms with Crippen molar-refractivity contribution in [1.82, 2.24) is 9.55 Å². The molecular weight excluding hydrogens is 553 g/mol. The zero-order valence-electron chi connectivity index (χ0n) is 22.4. The Morgan fingerprint density at radius 3 is 2.53 bits per heavy atom. The first kappa shape index (κ1) is 26.7. The van der Waals surface area contributed by atoms with Crippen LogP contribution in [0.15, 0.2) is 102 Å². The van der Waals surface area contributed by atoms with Crippen molar-refractivity contribution in [2.24, 2.45) is 11.3 Å². The molecule has 0 bridgehead atoms. The Bertz CT molecular complexity index is 1190. The van der Waals surface area contributed by atoms with Gasteiger partial charge in [-0.1, -0.05) is 67.0 Å². The Morgan fingerprint density at radius 1 is 1.11 bits per heavy atom. The van der Waals surface area contributed by atoms with Gasteiger partial charge in [0.15, 0.2) is 0 Å². The predicted octanol–water partition coefficient (Wildman–Crippen LogP) is 8.89. The highest BCUT2D eigenvalue weighted by Gasteiger charge is 2.40. The molecule has 2 aliphatic carbocycles. The molecule has 0 amide bonds. The molecule has 2 aliphatic rings. The third kappa shape index (κ3) is 7.12. The molecule has 1 fully saturated rings. The van der Waals surface area contributed by atoms with E-state index in [1.807, 2.05) is 12.5 Å². The van der Waals surface area contributed by atoms with E-state index in [4.69, 9.17) is 0 Å². The summed E-state index contributed by atoms with van der Waals surface area (Å²) in [6.45, 7) is 12.5. The second-order valence-corrected chi connectivity index (χ2v) is 12.5. The minimum atomic E-state index is 0.115. The van der Waals surface area contributed by atoms with Gasteiger partial charge >= 0.3 is 0 Å². The molecule has 1 heterocycles. The second-order valence-electron chi connectivity index (χ2n) is 11.3. The van der Waals surface area contributed by atoms with Crippen molar-refractivity contribution >= 4 is 28.3 Å². The normalized spacial score (nSPS) is 22.0. The van der Waals surface area contributed by atoms with Gasteiger partial charge in [-0.15, -0.1) is 0 Å². The molecule has 4 heteroatoms. The molecule has 1 unspecified atom stereocenters. The van der Waals surface area contributed by atoms with E-state index in [-0.39, 0.29) is 11.0 Å². The SMILES string of the molecule is CC1=C(/C=C/C(C)=C/C=C/C(C)=C/C2(Nc3ccc(I)cc3)CC2)C(C)(C)CCC1Cn1ccnc1. The summed E-state index contributed by atoms with van der Waals surface area (Å²) >= 11 is 2.35. The summed E-state index contributed by atoms with van der Waals surface area (Å²) in [5, 5.41) is 3.72. The number of aromatic nitrogens is 2. The fourth-order valence-corrected chi connectivity index (χ4v) is 5.60. The van der Waals surface area contributed by atoms with Crippen LogP contribution in [0.5, 0.6) is 0 Å². The lowest BCUT2D eigenvalue weighted by Crippen LogP contribution is -2.26. The van der Waals surface area contributed by atoms with E-state index in [2.05, 4.69) is 139 Å². The fourth-order valence-electron chi connectivity index (χ4n) is 5.24. The highest BCUT2D eigenvalue weighted by molar-refractivity contribution is 14.1. The monoisotopic (exact) mass is 593 g/mol.